The summed E-state index contributed by atoms with van der Waals surface area (Å²) in [5, 5.41) is 3.64. The van der Waals surface area contributed by atoms with Gasteiger partial charge in [-0.25, -0.2) is 4.98 Å². The molecule has 29 heavy (non-hydrogen) atoms. The number of carbonyl (C=O) groups is 2. The lowest BCUT2D eigenvalue weighted by Crippen LogP contribution is -2.38. The van der Waals surface area contributed by atoms with Gasteiger partial charge in [-0.05, 0) is 37.7 Å². The SMILES string of the molecule is O=C(CSCc1nc2sc3c(c2c(=O)[nH]1)CCC3)NCCN1CCCCCC1=O. The number of amides is 2. The van der Waals surface area contributed by atoms with Crippen LogP contribution >= 0.6 is 23.1 Å². The number of thioether (sulfide) groups is 1. The van der Waals surface area contributed by atoms with Crippen molar-refractivity contribution in [2.75, 3.05) is 25.4 Å². The number of aromatic amines is 1. The van der Waals surface area contributed by atoms with Crippen molar-refractivity contribution >= 4 is 45.1 Å². The Morgan fingerprint density at radius 3 is 2.97 bits per heavy atom. The first-order chi connectivity index (χ1) is 14.1. The molecule has 7 nitrogen and oxygen atoms in total. The van der Waals surface area contributed by atoms with Crippen LogP contribution in [-0.2, 0) is 28.2 Å². The fraction of sp³-hybridized carbons (Fsp3) is 0.600. The number of carbonyl (C=O) groups excluding carboxylic acids is 2. The summed E-state index contributed by atoms with van der Waals surface area (Å²) in [5.74, 6) is 1.55. The third kappa shape index (κ3) is 4.83. The number of rotatable bonds is 7. The Bertz CT molecular complexity index is 969. The molecule has 0 spiro atoms. The smallest absolute Gasteiger partial charge is 0.259 e. The summed E-state index contributed by atoms with van der Waals surface area (Å²) in [6.45, 7) is 1.84. The number of aryl methyl sites for hydroxylation is 2. The number of H-pyrrole nitrogens is 1. The molecule has 4 rings (SSSR count). The van der Waals surface area contributed by atoms with E-state index in [4.69, 9.17) is 0 Å². The number of nitrogens with one attached hydrogen (secondary N) is 2. The van der Waals surface area contributed by atoms with E-state index >= 15 is 0 Å². The van der Waals surface area contributed by atoms with Gasteiger partial charge in [0.2, 0.25) is 11.8 Å². The third-order valence-corrected chi connectivity index (χ3v) is 7.60. The van der Waals surface area contributed by atoms with Crippen LogP contribution in [0, 0.1) is 0 Å². The van der Waals surface area contributed by atoms with Gasteiger partial charge < -0.3 is 15.2 Å². The largest absolute Gasteiger partial charge is 0.354 e. The van der Waals surface area contributed by atoms with Crippen LogP contribution in [-0.4, -0.2) is 52.1 Å². The lowest BCUT2D eigenvalue weighted by molar-refractivity contribution is -0.131. The third-order valence-electron chi connectivity index (χ3n) is 5.47. The molecule has 0 unspecified atom stereocenters. The van der Waals surface area contributed by atoms with Crippen molar-refractivity contribution in [3.8, 4) is 0 Å². The fourth-order valence-corrected chi connectivity index (χ4v) is 6.01. The second-order valence-corrected chi connectivity index (χ2v) is 9.65. The highest BCUT2D eigenvalue weighted by molar-refractivity contribution is 7.99. The number of hydrogen-bond donors (Lipinski definition) is 2. The Kier molecular flexibility index (Phi) is 6.54. The van der Waals surface area contributed by atoms with Crippen molar-refractivity contribution in [1.29, 1.82) is 0 Å². The molecular weight excluding hydrogens is 408 g/mol. The van der Waals surface area contributed by atoms with Crippen molar-refractivity contribution in [3.05, 3.63) is 26.6 Å². The van der Waals surface area contributed by atoms with Crippen LogP contribution in [0.25, 0.3) is 10.2 Å². The summed E-state index contributed by atoms with van der Waals surface area (Å²) >= 11 is 3.06. The van der Waals surface area contributed by atoms with E-state index in [0.717, 1.165) is 55.3 Å². The van der Waals surface area contributed by atoms with Gasteiger partial charge in [0.1, 0.15) is 10.7 Å². The van der Waals surface area contributed by atoms with E-state index in [9.17, 15) is 14.4 Å². The molecule has 2 aliphatic rings. The molecule has 156 valence electrons. The van der Waals surface area contributed by atoms with E-state index in [-0.39, 0.29) is 17.4 Å². The number of likely N-dealkylation sites (tertiary alicyclic amines) is 1. The number of nitrogens with zero attached hydrogens (tertiary/aromatic N) is 2. The molecule has 2 aromatic heterocycles. The van der Waals surface area contributed by atoms with E-state index in [1.165, 1.54) is 22.2 Å². The minimum Gasteiger partial charge on any atom is -0.354 e. The maximum absolute atomic E-state index is 12.5. The predicted octanol–water partition coefficient (Wildman–Crippen LogP) is 2.23. The van der Waals surface area contributed by atoms with Crippen molar-refractivity contribution < 1.29 is 9.59 Å². The maximum atomic E-state index is 12.5. The molecule has 0 saturated carbocycles. The standard InChI is InChI=1S/C20H26N4O3S2/c25-16(21-8-10-24-9-3-1-2-7-17(24)26)12-28-11-15-22-19(27)18-13-5-4-6-14(13)29-20(18)23-15/h1-12H2,(H,21,25)(H,22,23,27). The number of aromatic nitrogens is 2. The Hall–Kier alpha value is -1.87. The van der Waals surface area contributed by atoms with Crippen LogP contribution in [0.15, 0.2) is 4.79 Å². The average Bonchev–Trinajstić information content (AvgIpc) is 3.20. The van der Waals surface area contributed by atoms with Crippen molar-refractivity contribution in [3.63, 3.8) is 0 Å². The molecule has 0 radical (unpaired) electrons. The van der Waals surface area contributed by atoms with E-state index < -0.39 is 0 Å². The zero-order valence-electron chi connectivity index (χ0n) is 16.4. The normalized spacial score (nSPS) is 16.8. The second kappa shape index (κ2) is 9.30. The van der Waals surface area contributed by atoms with E-state index in [1.54, 1.807) is 11.3 Å². The highest BCUT2D eigenvalue weighted by atomic mass is 32.2. The topological polar surface area (TPSA) is 95.2 Å². The average molecular weight is 435 g/mol. The summed E-state index contributed by atoms with van der Waals surface area (Å²) in [6, 6.07) is 0. The number of hydrogen-bond acceptors (Lipinski definition) is 6. The monoisotopic (exact) mass is 434 g/mol. The minimum atomic E-state index is -0.0594. The van der Waals surface area contributed by atoms with Gasteiger partial charge in [0.15, 0.2) is 0 Å². The number of thiophene rings is 1. The highest BCUT2D eigenvalue weighted by Gasteiger charge is 2.21. The van der Waals surface area contributed by atoms with Gasteiger partial charge in [0, 0.05) is 30.9 Å². The molecule has 9 heteroatoms. The molecule has 0 aromatic carbocycles. The summed E-state index contributed by atoms with van der Waals surface area (Å²) in [5.41, 5.74) is 1.12. The lowest BCUT2D eigenvalue weighted by atomic mass is 10.2. The minimum absolute atomic E-state index is 0.0587. The summed E-state index contributed by atoms with van der Waals surface area (Å²) < 4.78 is 0. The van der Waals surface area contributed by atoms with Crippen molar-refractivity contribution in [2.45, 2.75) is 50.7 Å². The quantitative estimate of drug-likeness (QED) is 0.697. The molecule has 1 fully saturated rings. The van der Waals surface area contributed by atoms with Gasteiger partial charge in [-0.2, -0.15) is 0 Å². The molecule has 2 amide bonds. The van der Waals surface area contributed by atoms with Gasteiger partial charge in [-0.1, -0.05) is 6.42 Å². The van der Waals surface area contributed by atoms with Gasteiger partial charge in [0.25, 0.3) is 5.56 Å². The molecule has 2 aromatic rings. The lowest BCUT2D eigenvalue weighted by Gasteiger charge is -2.20. The van der Waals surface area contributed by atoms with E-state index in [1.807, 2.05) is 4.90 Å². The van der Waals surface area contributed by atoms with Crippen LogP contribution in [0.2, 0.25) is 0 Å². The Morgan fingerprint density at radius 2 is 2.07 bits per heavy atom. The van der Waals surface area contributed by atoms with Gasteiger partial charge >= 0.3 is 0 Å². The van der Waals surface area contributed by atoms with Crippen molar-refractivity contribution in [2.24, 2.45) is 0 Å². The molecule has 1 aliphatic heterocycles. The van der Waals surface area contributed by atoms with Crippen molar-refractivity contribution in [1.82, 2.24) is 20.2 Å². The molecule has 0 bridgehead atoms. The summed E-state index contributed by atoms with van der Waals surface area (Å²) in [6.07, 6.45) is 6.86. The number of fused-ring (bicyclic) bond motifs is 3. The molecule has 3 heterocycles. The van der Waals surface area contributed by atoms with Crippen LogP contribution in [0.1, 0.15) is 48.4 Å². The first-order valence-corrected chi connectivity index (χ1v) is 12.2. The fourth-order valence-electron chi connectivity index (χ4n) is 4.01. The van der Waals surface area contributed by atoms with Gasteiger partial charge in [0.05, 0.1) is 16.9 Å². The van der Waals surface area contributed by atoms with Crippen LogP contribution in [0.3, 0.4) is 0 Å². The molecule has 2 N–H and O–H groups in total. The van der Waals surface area contributed by atoms with E-state index in [2.05, 4.69) is 15.3 Å². The Balaban J connectivity index is 1.23. The van der Waals surface area contributed by atoms with Crippen LogP contribution in [0.4, 0.5) is 0 Å². The molecular formula is C20H26N4O3S2. The van der Waals surface area contributed by atoms with E-state index in [0.29, 0.717) is 36.8 Å². The second-order valence-electron chi connectivity index (χ2n) is 7.58. The zero-order chi connectivity index (χ0) is 20.2. The highest BCUT2D eigenvalue weighted by Crippen LogP contribution is 2.34. The summed E-state index contributed by atoms with van der Waals surface area (Å²) in [7, 11) is 0. The molecule has 0 atom stereocenters. The molecule has 1 saturated heterocycles. The maximum Gasteiger partial charge on any atom is 0.259 e. The van der Waals surface area contributed by atoms with Gasteiger partial charge in [-0.15, -0.1) is 23.1 Å². The Labute approximate surface area is 177 Å². The summed E-state index contributed by atoms with van der Waals surface area (Å²) in [4.78, 5) is 47.9. The first kappa shape index (κ1) is 20.4. The zero-order valence-corrected chi connectivity index (χ0v) is 18.1. The molecule has 1 aliphatic carbocycles. The first-order valence-electron chi connectivity index (χ1n) is 10.3. The van der Waals surface area contributed by atoms with Crippen LogP contribution in [0.5, 0.6) is 0 Å². The predicted molar refractivity (Wildman–Crippen MR) is 116 cm³/mol. The van der Waals surface area contributed by atoms with Gasteiger partial charge in [-0.3, -0.25) is 14.4 Å². The van der Waals surface area contributed by atoms with Crippen LogP contribution < -0.4 is 10.9 Å². The Morgan fingerprint density at radius 1 is 1.17 bits per heavy atom.